The van der Waals surface area contributed by atoms with Crippen LogP contribution in [0.5, 0.6) is 0 Å². The smallest absolute Gasteiger partial charge is 0.133 e. The van der Waals surface area contributed by atoms with Crippen molar-refractivity contribution in [3.63, 3.8) is 0 Å². The first-order valence-corrected chi connectivity index (χ1v) is 6.91. The molecule has 0 heterocycles. The van der Waals surface area contributed by atoms with Gasteiger partial charge in [0.1, 0.15) is 4.93 Å². The Labute approximate surface area is 90.6 Å². The second-order valence-electron chi connectivity index (χ2n) is 4.26. The zero-order valence-corrected chi connectivity index (χ0v) is 10.5. The van der Waals surface area contributed by atoms with Crippen molar-refractivity contribution in [1.29, 1.82) is 0 Å². The van der Waals surface area contributed by atoms with E-state index in [0.717, 1.165) is 12.8 Å². The third kappa shape index (κ3) is 7.51. The molecule has 14 heavy (non-hydrogen) atoms. The molecule has 3 heteroatoms. The van der Waals surface area contributed by atoms with Gasteiger partial charge in [-0.25, -0.2) is 0 Å². The minimum atomic E-state index is -1.09. The van der Waals surface area contributed by atoms with Crippen LogP contribution in [-0.4, -0.2) is 20.0 Å². The van der Waals surface area contributed by atoms with Gasteiger partial charge in [-0.2, -0.15) is 0 Å². The highest BCUT2D eigenvalue weighted by atomic mass is 32.2. The second kappa shape index (κ2) is 7.41. The van der Waals surface area contributed by atoms with Crippen LogP contribution in [0.25, 0.3) is 0 Å². The van der Waals surface area contributed by atoms with E-state index in [1.807, 2.05) is 0 Å². The number of hydrogen-bond acceptors (Lipinski definition) is 2. The fraction of sp³-hybridized carbons (Fsp3) is 1.00. The van der Waals surface area contributed by atoms with E-state index in [9.17, 15) is 9.32 Å². The van der Waals surface area contributed by atoms with Crippen molar-refractivity contribution in [2.75, 3.05) is 5.75 Å². The Morgan fingerprint density at radius 1 is 1.07 bits per heavy atom. The molecule has 0 amide bonds. The molecular weight excluding hydrogens is 196 g/mol. The second-order valence-corrected chi connectivity index (χ2v) is 6.36. The number of unbranched alkanes of at least 4 members (excludes halogenated alkanes) is 5. The number of aliphatic hydroxyl groups is 1. The van der Waals surface area contributed by atoms with Gasteiger partial charge in [-0.15, -0.1) is 0 Å². The Bertz CT molecular complexity index is 161. The van der Waals surface area contributed by atoms with Gasteiger partial charge in [0.15, 0.2) is 0 Å². The van der Waals surface area contributed by atoms with E-state index < -0.39 is 15.7 Å². The molecule has 0 aromatic carbocycles. The van der Waals surface area contributed by atoms with E-state index in [4.69, 9.17) is 0 Å². The average molecular weight is 220 g/mol. The minimum absolute atomic E-state index is 0.635. The van der Waals surface area contributed by atoms with Gasteiger partial charge in [0.05, 0.1) is 10.8 Å². The third-order valence-electron chi connectivity index (χ3n) is 2.24. The summed E-state index contributed by atoms with van der Waals surface area (Å²) in [5.74, 6) is 0.635. The lowest BCUT2D eigenvalue weighted by Gasteiger charge is -2.16. The van der Waals surface area contributed by atoms with E-state index in [-0.39, 0.29) is 0 Å². The van der Waals surface area contributed by atoms with Gasteiger partial charge in [-0.05, 0) is 20.3 Å². The molecule has 0 saturated heterocycles. The van der Waals surface area contributed by atoms with Crippen molar-refractivity contribution in [3.05, 3.63) is 0 Å². The van der Waals surface area contributed by atoms with Gasteiger partial charge < -0.3 is 5.11 Å². The van der Waals surface area contributed by atoms with Crippen LogP contribution in [0.1, 0.15) is 59.3 Å². The predicted octanol–water partition coefficient (Wildman–Crippen LogP) is 2.82. The van der Waals surface area contributed by atoms with Gasteiger partial charge in [-0.3, -0.25) is 4.21 Å². The summed E-state index contributed by atoms with van der Waals surface area (Å²) in [6.07, 6.45) is 7.19. The topological polar surface area (TPSA) is 37.3 Å². The number of rotatable bonds is 8. The summed E-state index contributed by atoms with van der Waals surface area (Å²) >= 11 is 0. The van der Waals surface area contributed by atoms with Crippen LogP contribution in [0.4, 0.5) is 0 Å². The molecule has 0 aromatic heterocycles. The molecule has 0 bridgehead atoms. The zero-order valence-electron chi connectivity index (χ0n) is 9.71. The first-order chi connectivity index (χ1) is 6.48. The minimum Gasteiger partial charge on any atom is -0.377 e. The van der Waals surface area contributed by atoms with Crippen LogP contribution in [0, 0.1) is 0 Å². The lowest BCUT2D eigenvalue weighted by Crippen LogP contribution is -2.27. The molecule has 0 aliphatic rings. The lowest BCUT2D eigenvalue weighted by atomic mass is 10.1. The van der Waals surface area contributed by atoms with E-state index in [1.165, 1.54) is 25.7 Å². The third-order valence-corrected chi connectivity index (χ3v) is 4.01. The number of hydrogen-bond donors (Lipinski definition) is 1. The van der Waals surface area contributed by atoms with Crippen LogP contribution in [0.3, 0.4) is 0 Å². The van der Waals surface area contributed by atoms with E-state index >= 15 is 0 Å². The molecular formula is C11H24O2S. The molecule has 1 unspecified atom stereocenters. The Morgan fingerprint density at radius 3 is 2.07 bits per heavy atom. The summed E-state index contributed by atoms with van der Waals surface area (Å²) < 4.78 is 11.4. The quantitative estimate of drug-likeness (QED) is 0.639. The van der Waals surface area contributed by atoms with Crippen LogP contribution in [0.15, 0.2) is 0 Å². The van der Waals surface area contributed by atoms with Gasteiger partial charge in [0.25, 0.3) is 0 Å². The maximum atomic E-state index is 11.4. The normalized spacial score (nSPS) is 14.3. The predicted molar refractivity (Wildman–Crippen MR) is 62.7 cm³/mol. The summed E-state index contributed by atoms with van der Waals surface area (Å²) in [6.45, 7) is 5.42. The van der Waals surface area contributed by atoms with Gasteiger partial charge in [-0.1, -0.05) is 39.0 Å². The molecule has 1 atom stereocenters. The molecule has 0 aliphatic carbocycles. The van der Waals surface area contributed by atoms with Gasteiger partial charge >= 0.3 is 0 Å². The molecule has 86 valence electrons. The molecule has 0 fully saturated rings. The molecule has 0 radical (unpaired) electrons. The largest absolute Gasteiger partial charge is 0.377 e. The first-order valence-electron chi connectivity index (χ1n) is 5.59. The van der Waals surface area contributed by atoms with Crippen molar-refractivity contribution >= 4 is 10.8 Å². The van der Waals surface area contributed by atoms with E-state index in [2.05, 4.69) is 6.92 Å². The Hall–Kier alpha value is 0.110. The highest BCUT2D eigenvalue weighted by Crippen LogP contribution is 2.11. The van der Waals surface area contributed by atoms with Crippen molar-refractivity contribution in [2.24, 2.45) is 0 Å². The Morgan fingerprint density at radius 2 is 1.57 bits per heavy atom. The molecule has 1 N–H and O–H groups in total. The van der Waals surface area contributed by atoms with E-state index in [1.54, 1.807) is 13.8 Å². The van der Waals surface area contributed by atoms with Crippen molar-refractivity contribution in [3.8, 4) is 0 Å². The maximum absolute atomic E-state index is 11.4. The highest BCUT2D eigenvalue weighted by Gasteiger charge is 2.20. The van der Waals surface area contributed by atoms with Crippen LogP contribution >= 0.6 is 0 Å². The molecule has 0 spiro atoms. The van der Waals surface area contributed by atoms with Gasteiger partial charge in [0, 0.05) is 5.75 Å². The highest BCUT2D eigenvalue weighted by molar-refractivity contribution is 7.86. The average Bonchev–Trinajstić information content (AvgIpc) is 2.09. The van der Waals surface area contributed by atoms with Crippen molar-refractivity contribution in [2.45, 2.75) is 64.2 Å². The standard InChI is InChI=1S/C11H24O2S/c1-4-5-6-7-8-9-10-14(13)11(2,3)12/h12H,4-10H2,1-3H3. The molecule has 0 aromatic rings. The van der Waals surface area contributed by atoms with Crippen molar-refractivity contribution < 1.29 is 9.32 Å². The molecule has 0 aliphatic heterocycles. The molecule has 2 nitrogen and oxygen atoms in total. The zero-order chi connectivity index (χ0) is 11.0. The lowest BCUT2D eigenvalue weighted by molar-refractivity contribution is 0.172. The monoisotopic (exact) mass is 220 g/mol. The summed E-state index contributed by atoms with van der Waals surface area (Å²) in [5, 5.41) is 9.43. The summed E-state index contributed by atoms with van der Waals surface area (Å²) in [7, 11) is -1.09. The fourth-order valence-electron chi connectivity index (χ4n) is 1.26. The van der Waals surface area contributed by atoms with Crippen LogP contribution < -0.4 is 0 Å². The summed E-state index contributed by atoms with van der Waals surface area (Å²) in [5.41, 5.74) is 0. The maximum Gasteiger partial charge on any atom is 0.133 e. The summed E-state index contributed by atoms with van der Waals surface area (Å²) in [4.78, 5) is -1.02. The molecule has 0 saturated carbocycles. The fourth-order valence-corrected chi connectivity index (χ4v) is 2.23. The van der Waals surface area contributed by atoms with Crippen molar-refractivity contribution in [1.82, 2.24) is 0 Å². The Kier molecular flexibility index (Phi) is 7.47. The Balaban J connectivity index is 3.33. The first kappa shape index (κ1) is 14.1. The SMILES string of the molecule is CCCCCCCCS(=O)C(C)(C)O. The van der Waals surface area contributed by atoms with Gasteiger partial charge in [0.2, 0.25) is 0 Å². The molecule has 0 rings (SSSR count). The summed E-state index contributed by atoms with van der Waals surface area (Å²) in [6, 6.07) is 0. The van der Waals surface area contributed by atoms with Crippen LogP contribution in [-0.2, 0) is 10.8 Å². The van der Waals surface area contributed by atoms with Crippen LogP contribution in [0.2, 0.25) is 0 Å². The van der Waals surface area contributed by atoms with E-state index in [0.29, 0.717) is 5.75 Å².